The summed E-state index contributed by atoms with van der Waals surface area (Å²) < 4.78 is 0. The molecule has 1 fully saturated rings. The summed E-state index contributed by atoms with van der Waals surface area (Å²) in [6, 6.07) is 12.2. The minimum absolute atomic E-state index is 0.647. The van der Waals surface area contributed by atoms with Crippen LogP contribution in [0.2, 0.25) is 0 Å². The lowest BCUT2D eigenvalue weighted by molar-refractivity contribution is 0.0852. The molecule has 112 valence electrons. The van der Waals surface area contributed by atoms with Crippen molar-refractivity contribution >= 4 is 0 Å². The van der Waals surface area contributed by atoms with Crippen LogP contribution < -0.4 is 5.32 Å². The molecule has 1 aromatic carbocycles. The largest absolute Gasteiger partial charge is 0.311 e. The predicted molar refractivity (Wildman–Crippen MR) is 86.7 cm³/mol. The number of rotatable bonds is 5. The number of piperazine rings is 1. The van der Waals surface area contributed by atoms with E-state index in [4.69, 9.17) is 0 Å². The Morgan fingerprint density at radius 2 is 1.85 bits per heavy atom. The predicted octanol–water partition coefficient (Wildman–Crippen LogP) is 3.53. The number of benzene rings is 1. The highest BCUT2D eigenvalue weighted by Crippen LogP contribution is 2.20. The van der Waals surface area contributed by atoms with Gasteiger partial charge in [0.05, 0.1) is 0 Å². The second kappa shape index (κ2) is 7.24. The zero-order valence-electron chi connectivity index (χ0n) is 13.5. The van der Waals surface area contributed by atoms with Crippen LogP contribution in [-0.2, 0) is 6.54 Å². The van der Waals surface area contributed by atoms with Gasteiger partial charge < -0.3 is 5.32 Å². The Morgan fingerprint density at radius 1 is 1.15 bits per heavy atom. The van der Waals surface area contributed by atoms with Crippen molar-refractivity contribution in [2.45, 2.75) is 52.7 Å². The average molecular weight is 274 g/mol. The van der Waals surface area contributed by atoms with Crippen LogP contribution in [0, 0.1) is 11.8 Å². The minimum Gasteiger partial charge on any atom is -0.311 e. The Hall–Kier alpha value is -0.860. The zero-order valence-corrected chi connectivity index (χ0v) is 13.5. The van der Waals surface area contributed by atoms with E-state index < -0.39 is 0 Å². The summed E-state index contributed by atoms with van der Waals surface area (Å²) in [5.41, 5.74) is 1.43. The first-order valence-corrected chi connectivity index (χ1v) is 8.07. The summed E-state index contributed by atoms with van der Waals surface area (Å²) in [4.78, 5) is 2.68. The molecule has 20 heavy (non-hydrogen) atoms. The van der Waals surface area contributed by atoms with Crippen molar-refractivity contribution in [3.63, 3.8) is 0 Å². The third-order valence-electron chi connectivity index (χ3n) is 4.29. The lowest BCUT2D eigenvalue weighted by Crippen LogP contribution is -2.58. The molecule has 1 heterocycles. The van der Waals surface area contributed by atoms with E-state index in [1.54, 1.807) is 0 Å². The third-order valence-corrected chi connectivity index (χ3v) is 4.29. The average Bonchev–Trinajstić information content (AvgIpc) is 2.39. The Morgan fingerprint density at radius 3 is 2.45 bits per heavy atom. The SMILES string of the molecule is CC(C)C[C@H]1CN(Cc2ccccc2)[C@@H](C(C)C)CN1. The molecule has 1 saturated heterocycles. The van der Waals surface area contributed by atoms with Gasteiger partial charge in [0.25, 0.3) is 0 Å². The van der Waals surface area contributed by atoms with E-state index >= 15 is 0 Å². The molecule has 1 aliphatic heterocycles. The van der Waals surface area contributed by atoms with Crippen LogP contribution in [0.25, 0.3) is 0 Å². The summed E-state index contributed by atoms with van der Waals surface area (Å²) in [5.74, 6) is 1.47. The van der Waals surface area contributed by atoms with E-state index in [1.807, 2.05) is 0 Å². The van der Waals surface area contributed by atoms with Crippen molar-refractivity contribution in [2.24, 2.45) is 11.8 Å². The standard InChI is InChI=1S/C18H30N2/c1-14(2)10-17-13-20(18(11-19-17)15(3)4)12-16-8-6-5-7-9-16/h5-9,14-15,17-19H,10-13H2,1-4H3/t17-,18+/m0/s1. The maximum Gasteiger partial charge on any atom is 0.0247 e. The van der Waals surface area contributed by atoms with E-state index in [2.05, 4.69) is 68.2 Å². The monoisotopic (exact) mass is 274 g/mol. The van der Waals surface area contributed by atoms with Gasteiger partial charge in [-0.1, -0.05) is 58.0 Å². The van der Waals surface area contributed by atoms with Crippen LogP contribution in [0.15, 0.2) is 30.3 Å². The van der Waals surface area contributed by atoms with Crippen molar-refractivity contribution in [1.29, 1.82) is 0 Å². The molecule has 0 aromatic heterocycles. The summed E-state index contributed by atoms with van der Waals surface area (Å²) in [6.45, 7) is 12.7. The third kappa shape index (κ3) is 4.32. The molecule has 2 rings (SSSR count). The van der Waals surface area contributed by atoms with Gasteiger partial charge in [-0.3, -0.25) is 4.90 Å². The summed E-state index contributed by atoms with van der Waals surface area (Å²) in [7, 11) is 0. The number of hydrogen-bond acceptors (Lipinski definition) is 2. The maximum atomic E-state index is 3.76. The van der Waals surface area contributed by atoms with Gasteiger partial charge in [-0.15, -0.1) is 0 Å². The first-order valence-electron chi connectivity index (χ1n) is 8.07. The molecule has 0 amide bonds. The summed E-state index contributed by atoms with van der Waals surface area (Å²) >= 11 is 0. The number of nitrogens with one attached hydrogen (secondary N) is 1. The molecule has 0 unspecified atom stereocenters. The van der Waals surface area contributed by atoms with Gasteiger partial charge in [-0.05, 0) is 23.8 Å². The Labute approximate surface area is 124 Å². The fraction of sp³-hybridized carbons (Fsp3) is 0.667. The molecular formula is C18H30N2. The van der Waals surface area contributed by atoms with Crippen LogP contribution in [0.5, 0.6) is 0 Å². The first kappa shape index (κ1) is 15.5. The molecular weight excluding hydrogens is 244 g/mol. The van der Waals surface area contributed by atoms with Crippen LogP contribution in [0.1, 0.15) is 39.7 Å². The molecule has 1 N–H and O–H groups in total. The normalized spacial score (nSPS) is 24.5. The van der Waals surface area contributed by atoms with E-state index in [0.717, 1.165) is 19.0 Å². The smallest absolute Gasteiger partial charge is 0.0247 e. The van der Waals surface area contributed by atoms with Crippen LogP contribution in [-0.4, -0.2) is 30.1 Å². The summed E-state index contributed by atoms with van der Waals surface area (Å²) in [5, 5.41) is 3.76. The molecule has 2 heteroatoms. The van der Waals surface area contributed by atoms with E-state index in [0.29, 0.717) is 18.0 Å². The Kier molecular flexibility index (Phi) is 5.62. The van der Waals surface area contributed by atoms with Gasteiger partial charge in [0.2, 0.25) is 0 Å². The molecule has 1 aliphatic rings. The first-order chi connectivity index (χ1) is 9.56. The molecule has 0 saturated carbocycles. The Bertz CT molecular complexity index is 386. The van der Waals surface area contributed by atoms with Gasteiger partial charge in [0.15, 0.2) is 0 Å². The topological polar surface area (TPSA) is 15.3 Å². The van der Waals surface area contributed by atoms with Crippen LogP contribution >= 0.6 is 0 Å². The van der Waals surface area contributed by atoms with Crippen molar-refractivity contribution in [3.05, 3.63) is 35.9 Å². The van der Waals surface area contributed by atoms with E-state index in [-0.39, 0.29) is 0 Å². The fourth-order valence-electron chi connectivity index (χ4n) is 3.28. The lowest BCUT2D eigenvalue weighted by Gasteiger charge is -2.43. The van der Waals surface area contributed by atoms with Crippen LogP contribution in [0.4, 0.5) is 0 Å². The lowest BCUT2D eigenvalue weighted by atomic mass is 9.94. The van der Waals surface area contributed by atoms with Crippen LogP contribution in [0.3, 0.4) is 0 Å². The van der Waals surface area contributed by atoms with E-state index in [1.165, 1.54) is 18.5 Å². The highest BCUT2D eigenvalue weighted by Gasteiger charge is 2.29. The van der Waals surface area contributed by atoms with Gasteiger partial charge in [0, 0.05) is 31.7 Å². The van der Waals surface area contributed by atoms with Crippen molar-refractivity contribution in [2.75, 3.05) is 13.1 Å². The Balaban J connectivity index is 2.03. The van der Waals surface area contributed by atoms with Gasteiger partial charge in [-0.2, -0.15) is 0 Å². The summed E-state index contributed by atoms with van der Waals surface area (Å²) in [6.07, 6.45) is 1.27. The number of nitrogens with zero attached hydrogens (tertiary/aromatic N) is 1. The number of hydrogen-bond donors (Lipinski definition) is 1. The highest BCUT2D eigenvalue weighted by atomic mass is 15.2. The zero-order chi connectivity index (χ0) is 14.5. The van der Waals surface area contributed by atoms with Gasteiger partial charge in [0.1, 0.15) is 0 Å². The van der Waals surface area contributed by atoms with Crippen molar-refractivity contribution < 1.29 is 0 Å². The second-order valence-electron chi connectivity index (χ2n) is 6.96. The van der Waals surface area contributed by atoms with Crippen molar-refractivity contribution in [1.82, 2.24) is 10.2 Å². The van der Waals surface area contributed by atoms with Gasteiger partial charge in [-0.25, -0.2) is 0 Å². The molecule has 0 spiro atoms. The molecule has 0 aliphatic carbocycles. The molecule has 1 aromatic rings. The molecule has 0 bridgehead atoms. The van der Waals surface area contributed by atoms with Gasteiger partial charge >= 0.3 is 0 Å². The van der Waals surface area contributed by atoms with Crippen molar-refractivity contribution in [3.8, 4) is 0 Å². The molecule has 2 nitrogen and oxygen atoms in total. The fourth-order valence-corrected chi connectivity index (χ4v) is 3.28. The molecule has 2 atom stereocenters. The van der Waals surface area contributed by atoms with E-state index in [9.17, 15) is 0 Å². The second-order valence-corrected chi connectivity index (χ2v) is 6.96. The quantitative estimate of drug-likeness (QED) is 0.883. The highest BCUT2D eigenvalue weighted by molar-refractivity contribution is 5.15. The minimum atomic E-state index is 0.647. The molecule has 0 radical (unpaired) electrons. The maximum absolute atomic E-state index is 3.76.